The van der Waals surface area contributed by atoms with Crippen molar-refractivity contribution in [3.8, 4) is 0 Å². The molecule has 0 radical (unpaired) electrons. The molecule has 4 rings (SSSR count). The number of nitrogens with two attached hydrogens (primary N) is 1. The fraction of sp³-hybridized carbons (Fsp3) is 1.00. The Kier molecular flexibility index (Phi) is 5.71. The van der Waals surface area contributed by atoms with Gasteiger partial charge in [0.05, 0.1) is 6.10 Å². The van der Waals surface area contributed by atoms with E-state index in [1.807, 2.05) is 7.11 Å². The van der Waals surface area contributed by atoms with Crippen molar-refractivity contribution in [3.05, 3.63) is 0 Å². The van der Waals surface area contributed by atoms with Gasteiger partial charge in [0.15, 0.2) is 0 Å². The predicted octanol–water partition coefficient (Wildman–Crippen LogP) is 6.04. The van der Waals surface area contributed by atoms with Crippen LogP contribution >= 0.6 is 0 Å². The van der Waals surface area contributed by atoms with E-state index in [-0.39, 0.29) is 0 Å². The number of hydrogen-bond acceptors (Lipinski definition) is 2. The third-order valence-corrected chi connectivity index (χ3v) is 10.6. The van der Waals surface area contributed by atoms with Gasteiger partial charge in [0.2, 0.25) is 0 Å². The largest absolute Gasteiger partial charge is 0.381 e. The highest BCUT2D eigenvalue weighted by atomic mass is 16.5. The first kappa shape index (κ1) is 20.2. The summed E-state index contributed by atoms with van der Waals surface area (Å²) in [5.41, 5.74) is 7.03. The summed E-state index contributed by atoms with van der Waals surface area (Å²) in [6.07, 6.45) is 16.1. The molecule has 4 saturated carbocycles. The second kappa shape index (κ2) is 7.63. The summed E-state index contributed by atoms with van der Waals surface area (Å²) in [7, 11) is 1.93. The molecule has 0 aromatic heterocycles. The van der Waals surface area contributed by atoms with Gasteiger partial charge in [0.25, 0.3) is 0 Å². The van der Waals surface area contributed by atoms with Crippen molar-refractivity contribution in [1.82, 2.24) is 0 Å². The van der Waals surface area contributed by atoms with Crippen LogP contribution < -0.4 is 5.73 Å². The van der Waals surface area contributed by atoms with Crippen LogP contribution in [0.1, 0.15) is 91.4 Å². The molecule has 4 aliphatic carbocycles. The van der Waals surface area contributed by atoms with Gasteiger partial charge in [-0.25, -0.2) is 0 Å². The molecule has 156 valence electrons. The molecule has 0 spiro atoms. The predicted molar refractivity (Wildman–Crippen MR) is 113 cm³/mol. The van der Waals surface area contributed by atoms with E-state index in [9.17, 15) is 0 Å². The van der Waals surface area contributed by atoms with Gasteiger partial charge < -0.3 is 10.5 Å². The zero-order valence-electron chi connectivity index (χ0n) is 18.5. The van der Waals surface area contributed by atoms with Crippen LogP contribution in [0.3, 0.4) is 0 Å². The van der Waals surface area contributed by atoms with Crippen molar-refractivity contribution in [2.75, 3.05) is 13.7 Å². The topological polar surface area (TPSA) is 35.2 Å². The number of rotatable bonds is 5. The van der Waals surface area contributed by atoms with Gasteiger partial charge in [-0.15, -0.1) is 0 Å². The molecule has 2 heteroatoms. The van der Waals surface area contributed by atoms with Crippen molar-refractivity contribution in [2.24, 2.45) is 52.1 Å². The van der Waals surface area contributed by atoms with Crippen LogP contribution in [0.2, 0.25) is 0 Å². The Bertz CT molecular complexity index is 520. The van der Waals surface area contributed by atoms with Gasteiger partial charge in [0.1, 0.15) is 0 Å². The molecule has 0 aliphatic heterocycles. The number of methoxy groups -OCH3 is 1. The number of fused-ring (bicyclic) bond motifs is 5. The maximum absolute atomic E-state index is 5.82. The van der Waals surface area contributed by atoms with Crippen molar-refractivity contribution < 1.29 is 4.74 Å². The van der Waals surface area contributed by atoms with Crippen molar-refractivity contribution in [1.29, 1.82) is 0 Å². The zero-order chi connectivity index (χ0) is 19.2. The van der Waals surface area contributed by atoms with E-state index >= 15 is 0 Å². The molecule has 0 saturated heterocycles. The Hall–Kier alpha value is -0.0800. The lowest BCUT2D eigenvalue weighted by atomic mass is 9.44. The minimum atomic E-state index is 0.535. The van der Waals surface area contributed by atoms with Crippen molar-refractivity contribution >= 4 is 0 Å². The summed E-state index contributed by atoms with van der Waals surface area (Å²) < 4.78 is 5.77. The van der Waals surface area contributed by atoms with E-state index in [0.29, 0.717) is 16.9 Å². The molecule has 2 N–H and O–H groups in total. The molecule has 9 atom stereocenters. The van der Waals surface area contributed by atoms with E-state index < -0.39 is 0 Å². The van der Waals surface area contributed by atoms with Gasteiger partial charge in [0, 0.05) is 7.11 Å². The highest BCUT2D eigenvalue weighted by Crippen LogP contribution is 2.68. The highest BCUT2D eigenvalue weighted by Gasteiger charge is 2.60. The number of ether oxygens (including phenoxy) is 1. The van der Waals surface area contributed by atoms with E-state index in [1.165, 1.54) is 70.6 Å². The van der Waals surface area contributed by atoms with Crippen LogP contribution in [-0.2, 0) is 4.74 Å². The first-order valence-corrected chi connectivity index (χ1v) is 12.2. The molecular formula is C25H45NO. The van der Waals surface area contributed by atoms with Crippen LogP contribution in [0.4, 0.5) is 0 Å². The molecule has 0 aromatic carbocycles. The second-order valence-corrected chi connectivity index (χ2v) is 11.4. The molecule has 0 aromatic rings. The standard InChI is InChI=1S/C25H45NO/c1-17(6-5-15-26)21-9-10-22-20-8-7-18-16-19(27-4)11-13-24(18,2)23(20)12-14-25(21,22)3/h17-23H,5-16,26H2,1-4H3. The van der Waals surface area contributed by atoms with E-state index in [4.69, 9.17) is 10.5 Å². The van der Waals surface area contributed by atoms with Gasteiger partial charge in [-0.2, -0.15) is 0 Å². The highest BCUT2D eigenvalue weighted by molar-refractivity contribution is 5.09. The normalized spacial score (nSPS) is 50.6. The average Bonchev–Trinajstić information content (AvgIpc) is 3.02. The van der Waals surface area contributed by atoms with Crippen molar-refractivity contribution in [2.45, 2.75) is 97.5 Å². The smallest absolute Gasteiger partial charge is 0.0574 e. The van der Waals surface area contributed by atoms with Gasteiger partial charge >= 0.3 is 0 Å². The maximum atomic E-state index is 5.82. The lowest BCUT2D eigenvalue weighted by Crippen LogP contribution is -2.54. The lowest BCUT2D eigenvalue weighted by molar-refractivity contribution is -0.133. The van der Waals surface area contributed by atoms with E-state index in [0.717, 1.165) is 42.1 Å². The third kappa shape index (κ3) is 3.21. The Labute approximate surface area is 168 Å². The Balaban J connectivity index is 1.51. The average molecular weight is 376 g/mol. The quantitative estimate of drug-likeness (QED) is 0.636. The number of hydrogen-bond donors (Lipinski definition) is 1. The third-order valence-electron chi connectivity index (χ3n) is 10.6. The van der Waals surface area contributed by atoms with Crippen LogP contribution in [-0.4, -0.2) is 19.8 Å². The molecule has 9 unspecified atom stereocenters. The van der Waals surface area contributed by atoms with Gasteiger partial charge in [-0.1, -0.05) is 20.8 Å². The second-order valence-electron chi connectivity index (χ2n) is 11.4. The Morgan fingerprint density at radius 3 is 2.44 bits per heavy atom. The molecule has 0 amide bonds. The summed E-state index contributed by atoms with van der Waals surface area (Å²) in [6, 6.07) is 0. The van der Waals surface area contributed by atoms with Crippen LogP contribution in [0.15, 0.2) is 0 Å². The summed E-state index contributed by atoms with van der Waals surface area (Å²) in [6.45, 7) is 8.77. The van der Waals surface area contributed by atoms with Gasteiger partial charge in [-0.3, -0.25) is 0 Å². The summed E-state index contributed by atoms with van der Waals surface area (Å²) in [5, 5.41) is 0. The van der Waals surface area contributed by atoms with Crippen LogP contribution in [0, 0.1) is 46.3 Å². The first-order chi connectivity index (χ1) is 12.9. The van der Waals surface area contributed by atoms with Crippen LogP contribution in [0.5, 0.6) is 0 Å². The molecule has 4 aliphatic rings. The molecule has 4 fully saturated rings. The summed E-state index contributed by atoms with van der Waals surface area (Å²) in [4.78, 5) is 0. The first-order valence-electron chi connectivity index (χ1n) is 12.2. The van der Waals surface area contributed by atoms with E-state index in [1.54, 1.807) is 0 Å². The van der Waals surface area contributed by atoms with Crippen molar-refractivity contribution in [3.63, 3.8) is 0 Å². The maximum Gasteiger partial charge on any atom is 0.0574 e. The molecule has 2 nitrogen and oxygen atoms in total. The SMILES string of the molecule is COC1CCC2(C)C(CCC3C2CCC2(C)C(C(C)CCCN)CCC32)C1. The Morgan fingerprint density at radius 2 is 1.70 bits per heavy atom. The molecular weight excluding hydrogens is 330 g/mol. The summed E-state index contributed by atoms with van der Waals surface area (Å²) in [5.74, 6) is 5.73. The molecule has 0 heterocycles. The lowest BCUT2D eigenvalue weighted by Gasteiger charge is -2.61. The monoisotopic (exact) mass is 375 g/mol. The minimum absolute atomic E-state index is 0.535. The zero-order valence-corrected chi connectivity index (χ0v) is 18.5. The fourth-order valence-corrected chi connectivity index (χ4v) is 9.05. The molecule has 0 bridgehead atoms. The van der Waals surface area contributed by atoms with E-state index in [2.05, 4.69) is 20.8 Å². The minimum Gasteiger partial charge on any atom is -0.381 e. The summed E-state index contributed by atoms with van der Waals surface area (Å²) >= 11 is 0. The van der Waals surface area contributed by atoms with Gasteiger partial charge in [-0.05, 0) is 124 Å². The molecule has 27 heavy (non-hydrogen) atoms. The van der Waals surface area contributed by atoms with Crippen LogP contribution in [0.25, 0.3) is 0 Å². The fourth-order valence-electron chi connectivity index (χ4n) is 9.05. The Morgan fingerprint density at radius 1 is 0.963 bits per heavy atom.